The molecule has 8 aliphatic rings. The van der Waals surface area contributed by atoms with E-state index in [2.05, 4.69) is 207 Å². The highest BCUT2D eigenvalue weighted by Crippen LogP contribution is 2.59. The van der Waals surface area contributed by atoms with Crippen LogP contribution in [-0.2, 0) is 45.8 Å². The number of hydrogen-bond acceptors (Lipinski definition) is 13. The van der Waals surface area contributed by atoms with Gasteiger partial charge in [0, 0.05) is 119 Å². The van der Waals surface area contributed by atoms with Crippen molar-refractivity contribution in [2.24, 2.45) is 5.73 Å². The Morgan fingerprint density at radius 2 is 0.736 bits per heavy atom. The molecule has 8 aliphatic carbocycles. The maximum Gasteiger partial charge on any atom is 0.129 e. The van der Waals surface area contributed by atoms with Gasteiger partial charge in [0.2, 0.25) is 0 Å². The first-order chi connectivity index (χ1) is 58.6. The molecule has 4 heterocycles. The van der Waals surface area contributed by atoms with Crippen molar-refractivity contribution in [1.82, 2.24) is 19.9 Å². The van der Waals surface area contributed by atoms with Crippen molar-refractivity contribution in [1.29, 1.82) is 0 Å². The SMILES string of the molecule is C.CC(=O)CCCCSc1ccc(Cl)c(CCC2(c3cnccc3-c3ccccc3OC3CC3)CC2)c1.Clc1ccc(I)cc1CCC1(c2cnccc2-c2ccccc2OC2CC2)CC1.NC1(c2cnccc2-c2ccccc2OC2CC2)CC1.OCCCCCSc1ccc(Cl)c(CCC2(c3cnccc3-c3ccccc3OC3CC3)CC2)c1. The lowest BCUT2D eigenvalue weighted by atomic mass is 9.85. The van der Waals surface area contributed by atoms with Crippen molar-refractivity contribution in [3.05, 3.63) is 283 Å². The van der Waals surface area contributed by atoms with Gasteiger partial charge in [-0.15, -0.1) is 23.5 Å². The maximum absolute atomic E-state index is 11.2. The smallest absolute Gasteiger partial charge is 0.129 e. The molecule has 0 aliphatic heterocycles. The molecule has 0 bridgehead atoms. The molecule has 4 aromatic heterocycles. The van der Waals surface area contributed by atoms with Crippen molar-refractivity contribution < 1.29 is 28.8 Å². The highest BCUT2D eigenvalue weighted by atomic mass is 127. The molecule has 8 fully saturated rings. The summed E-state index contributed by atoms with van der Waals surface area (Å²) in [5, 5.41) is 11.5. The molecular weight excluding hydrogens is 1710 g/mol. The van der Waals surface area contributed by atoms with E-state index in [4.69, 9.17) is 64.6 Å². The number of hydrogen-bond donors (Lipinski definition) is 2. The number of para-hydroxylation sites is 4. The molecule has 121 heavy (non-hydrogen) atoms. The number of Topliss-reactive ketones (excluding diaryl/α,β-unsaturated/α-hetero) is 1. The van der Waals surface area contributed by atoms with Gasteiger partial charge in [-0.2, -0.15) is 0 Å². The number of aliphatic hydroxyl groups excluding tert-OH is 1. The largest absolute Gasteiger partial charge is 0.490 e. The fraction of sp³-hybridized carbons (Fsp3) is 0.394. The molecule has 630 valence electrons. The summed E-state index contributed by atoms with van der Waals surface area (Å²) in [5.74, 6) is 6.32. The normalized spacial score (nSPS) is 16.9. The van der Waals surface area contributed by atoms with E-state index in [0.29, 0.717) is 30.8 Å². The Morgan fingerprint density at radius 1 is 0.413 bits per heavy atom. The topological polar surface area (TPSA) is 152 Å². The zero-order valence-corrected chi connectivity index (χ0v) is 74.8. The molecule has 7 aromatic carbocycles. The van der Waals surface area contributed by atoms with Crippen LogP contribution in [0.2, 0.25) is 15.1 Å². The standard InChI is InChI=1S/C31H34ClNO2S.C30H34ClNO2S.C25H23ClINO.C17H18N2O.CH4/c1-22(34)6-4-5-19-36-25-11-12-29(32)23(20-25)13-15-31(16-17-31)28-21-33-18-14-26(28)27-7-2-3-8-30(27)35-24-9-10-24;31-28-11-10-24(35-19-5-1-4-18-33)20-22(28)12-14-30(15-16-30)27-21-32-17-13-25(27)26-6-2-3-7-29(26)34-23-8-9-23;26-23-8-5-18(27)15-17(23)9-11-25(12-13-25)22-16-28-14-10-20(22)21-3-1-2-4-24(21)29-19-6-7-19;18-17(8-9-17)15-11-19-10-7-13(15)14-3-1-2-4-16(14)20-12-5-6-12;/h2-3,7-8,11-12,14,18,20-21,24H,4-6,9-10,13,15-17,19H2,1H3;2-3,6-7,10-11,13,17,20-21,23,33H,1,4-5,8-9,12,14-16,18-19H2;1-5,8,10,14-16,19H,6-7,9,11-13H2;1-4,7,10-12H,5-6,8-9,18H2;1H4. The van der Waals surface area contributed by atoms with E-state index in [-0.39, 0.29) is 41.6 Å². The number of halogens is 4. The molecule has 0 saturated heterocycles. The van der Waals surface area contributed by atoms with Gasteiger partial charge in [-0.25, -0.2) is 0 Å². The van der Waals surface area contributed by atoms with Crippen LogP contribution in [0.15, 0.2) is 235 Å². The van der Waals surface area contributed by atoms with Gasteiger partial charge in [-0.1, -0.05) is 121 Å². The average Bonchev–Trinajstić information content (AvgIpc) is 1.60. The van der Waals surface area contributed by atoms with Crippen LogP contribution in [0, 0.1) is 3.57 Å². The van der Waals surface area contributed by atoms with Gasteiger partial charge in [0.05, 0.1) is 24.4 Å². The van der Waals surface area contributed by atoms with E-state index in [9.17, 15) is 4.79 Å². The van der Waals surface area contributed by atoms with Crippen LogP contribution in [0.3, 0.4) is 0 Å². The highest BCUT2D eigenvalue weighted by Gasteiger charge is 2.49. The van der Waals surface area contributed by atoms with Crippen LogP contribution in [0.25, 0.3) is 44.5 Å². The number of unbranched alkanes of at least 4 members (excludes halogenated alkanes) is 3. The quantitative estimate of drug-likeness (QED) is 0.0216. The van der Waals surface area contributed by atoms with E-state index >= 15 is 0 Å². The Hall–Kier alpha value is -7.77. The van der Waals surface area contributed by atoms with Crippen molar-refractivity contribution >= 4 is 86.7 Å². The number of ketones is 1. The fourth-order valence-electron chi connectivity index (χ4n) is 16.4. The lowest BCUT2D eigenvalue weighted by Crippen LogP contribution is -2.20. The fourth-order valence-corrected chi connectivity index (χ4v) is 19.5. The Labute approximate surface area is 753 Å². The molecule has 11 nitrogen and oxygen atoms in total. The summed E-state index contributed by atoms with van der Waals surface area (Å²) < 4.78 is 26.0. The Morgan fingerprint density at radius 3 is 1.07 bits per heavy atom. The van der Waals surface area contributed by atoms with Crippen molar-refractivity contribution in [2.45, 2.75) is 250 Å². The molecule has 0 spiro atoms. The zero-order valence-electron chi connectivity index (χ0n) is 68.8. The Balaban J connectivity index is 0.000000127. The van der Waals surface area contributed by atoms with Gasteiger partial charge in [0.25, 0.3) is 0 Å². The Bertz CT molecular complexity index is 5350. The van der Waals surface area contributed by atoms with E-state index in [1.54, 1.807) is 6.92 Å². The van der Waals surface area contributed by atoms with Gasteiger partial charge in [0.1, 0.15) is 28.8 Å². The van der Waals surface area contributed by atoms with Gasteiger partial charge in [-0.3, -0.25) is 19.9 Å². The number of aliphatic hydroxyl groups is 1. The van der Waals surface area contributed by atoms with Gasteiger partial charge >= 0.3 is 0 Å². The van der Waals surface area contributed by atoms with E-state index in [1.807, 2.05) is 84.8 Å². The third-order valence-electron chi connectivity index (χ3n) is 24.8. The van der Waals surface area contributed by atoms with Crippen molar-refractivity contribution in [3.8, 4) is 67.5 Å². The lowest BCUT2D eigenvalue weighted by molar-refractivity contribution is -0.117. The third kappa shape index (κ3) is 23.6. The number of nitrogens with two attached hydrogens (primary N) is 1. The summed E-state index contributed by atoms with van der Waals surface area (Å²) >= 11 is 25.8. The minimum Gasteiger partial charge on any atom is -0.490 e. The van der Waals surface area contributed by atoms with E-state index < -0.39 is 0 Å². The summed E-state index contributed by atoms with van der Waals surface area (Å²) in [6.07, 6.45) is 47.6. The van der Waals surface area contributed by atoms with E-state index in [1.165, 1.54) is 131 Å². The van der Waals surface area contributed by atoms with Crippen LogP contribution in [0.4, 0.5) is 0 Å². The molecule has 17 heteroatoms. The molecule has 8 saturated carbocycles. The zero-order chi connectivity index (χ0) is 82.5. The number of rotatable bonds is 37. The summed E-state index contributed by atoms with van der Waals surface area (Å²) in [6, 6.07) is 61.3. The number of aromatic nitrogens is 4. The summed E-state index contributed by atoms with van der Waals surface area (Å²) in [6.45, 7) is 1.95. The summed E-state index contributed by atoms with van der Waals surface area (Å²) in [4.78, 5) is 31.5. The molecule has 3 N–H and O–H groups in total. The monoisotopic (exact) mass is 1820 g/mol. The van der Waals surface area contributed by atoms with Crippen molar-refractivity contribution in [3.63, 3.8) is 0 Å². The molecule has 0 atom stereocenters. The summed E-state index contributed by atoms with van der Waals surface area (Å²) in [7, 11) is 0. The molecular formula is C104H113Cl3IN5O6S2. The first-order valence-electron chi connectivity index (χ1n) is 43.6. The maximum atomic E-state index is 11.2. The Kier molecular flexibility index (Phi) is 29.8. The number of benzene rings is 7. The molecule has 19 rings (SSSR count). The van der Waals surface area contributed by atoms with Gasteiger partial charge in [-0.05, 0) is 389 Å². The molecule has 0 unspecified atom stereocenters. The van der Waals surface area contributed by atoms with Crippen molar-refractivity contribution in [2.75, 3.05) is 18.1 Å². The number of pyridine rings is 4. The molecule has 0 amide bonds. The number of carbonyl (C=O) groups excluding carboxylic acids is 1. The average molecular weight is 1830 g/mol. The third-order valence-corrected chi connectivity index (χ3v) is 28.7. The van der Waals surface area contributed by atoms with E-state index in [0.717, 1.165) is 188 Å². The highest BCUT2D eigenvalue weighted by molar-refractivity contribution is 14.1. The lowest BCUT2D eigenvalue weighted by Gasteiger charge is -2.21. The number of thioether (sulfide) groups is 2. The van der Waals surface area contributed by atoms with Gasteiger partial charge < -0.3 is 34.6 Å². The number of aryl methyl sites for hydroxylation is 3. The molecule has 11 aromatic rings. The minimum atomic E-state index is -0.184. The predicted octanol–water partition coefficient (Wildman–Crippen LogP) is 27.4. The second-order valence-electron chi connectivity index (χ2n) is 34.3. The minimum absolute atomic E-state index is 0. The van der Waals surface area contributed by atoms with Crippen LogP contribution in [0.1, 0.15) is 214 Å². The van der Waals surface area contributed by atoms with Crippen LogP contribution in [-0.4, -0.2) is 73.4 Å². The first-order valence-corrected chi connectivity index (χ1v) is 47.8. The number of nitrogens with zero attached hydrogens (tertiary/aromatic N) is 4. The number of ether oxygens (including phenoxy) is 4. The predicted molar refractivity (Wildman–Crippen MR) is 507 cm³/mol. The van der Waals surface area contributed by atoms with Gasteiger partial charge in [0.15, 0.2) is 0 Å². The second-order valence-corrected chi connectivity index (χ2v) is 39.1. The summed E-state index contributed by atoms with van der Waals surface area (Å²) in [5.41, 5.74) is 25.2. The first kappa shape index (κ1) is 88.1. The van der Waals surface area contributed by atoms with Crippen LogP contribution < -0.4 is 24.7 Å². The van der Waals surface area contributed by atoms with Crippen LogP contribution in [0.5, 0.6) is 23.0 Å². The van der Waals surface area contributed by atoms with Crippen LogP contribution >= 0.6 is 80.9 Å². The number of carbonyl (C=O) groups is 1. The second kappa shape index (κ2) is 40.9. The molecule has 0 radical (unpaired) electrons.